The summed E-state index contributed by atoms with van der Waals surface area (Å²) in [5.74, 6) is -2.05. The van der Waals surface area contributed by atoms with Gasteiger partial charge in [-0.1, -0.05) is 60.7 Å². The van der Waals surface area contributed by atoms with Crippen molar-refractivity contribution in [3.63, 3.8) is 0 Å². The summed E-state index contributed by atoms with van der Waals surface area (Å²) >= 11 is 0. The lowest BCUT2D eigenvalue weighted by molar-refractivity contribution is -0.146. The summed E-state index contributed by atoms with van der Waals surface area (Å²) in [5.41, 5.74) is 4.58. The third kappa shape index (κ3) is 5.38. The lowest BCUT2D eigenvalue weighted by Crippen LogP contribution is -2.51. The average molecular weight is 479 g/mol. The standard InChI is InChI=1S/C27H30N2O6/c1-16(34-2)24(26(31)32)29-25(30)17-8-7-9-18(14-17)28-27(33)35-15-23-21-12-5-3-10-19(21)20-11-4-6-13-22(20)23/h3-7,9-13,16-18,23-24H,8,14-15H2,1-2H3,(H,28,33)(H,29,30)(H,31,32)/t16?,17-,18-,24?/m1/s1. The van der Waals surface area contributed by atoms with Gasteiger partial charge in [0.1, 0.15) is 6.61 Å². The Morgan fingerprint density at radius 2 is 1.69 bits per heavy atom. The number of ether oxygens (including phenoxy) is 2. The van der Waals surface area contributed by atoms with Gasteiger partial charge in [-0.2, -0.15) is 0 Å². The number of allylic oxidation sites excluding steroid dienone is 1. The van der Waals surface area contributed by atoms with Crippen molar-refractivity contribution in [2.45, 2.75) is 43.9 Å². The van der Waals surface area contributed by atoms with E-state index in [0.717, 1.165) is 22.3 Å². The van der Waals surface area contributed by atoms with E-state index in [1.807, 2.05) is 36.4 Å². The minimum atomic E-state index is -1.16. The van der Waals surface area contributed by atoms with E-state index in [-0.39, 0.29) is 18.4 Å². The number of carboxylic acid groups (broad SMARTS) is 1. The molecule has 2 aromatic rings. The molecule has 2 aliphatic carbocycles. The molecule has 0 bridgehead atoms. The number of aliphatic carboxylic acids is 1. The highest BCUT2D eigenvalue weighted by Crippen LogP contribution is 2.44. The number of nitrogens with one attached hydrogen (secondary N) is 2. The van der Waals surface area contributed by atoms with Crippen LogP contribution in [-0.4, -0.2) is 55.0 Å². The maximum absolute atomic E-state index is 12.7. The third-order valence-corrected chi connectivity index (χ3v) is 6.75. The SMILES string of the molecule is COC(C)C(NC(=O)[C@@H]1CC=C[C@@H](NC(=O)OCC2c3ccccc3-c3ccccc32)C1)C(=O)O. The Kier molecular flexibility index (Phi) is 7.51. The maximum Gasteiger partial charge on any atom is 0.407 e. The molecule has 0 saturated heterocycles. The molecule has 0 aliphatic heterocycles. The summed E-state index contributed by atoms with van der Waals surface area (Å²) in [7, 11) is 1.39. The van der Waals surface area contributed by atoms with Crippen LogP contribution in [0.3, 0.4) is 0 Å². The summed E-state index contributed by atoms with van der Waals surface area (Å²) in [6, 6.07) is 14.7. The van der Waals surface area contributed by atoms with Gasteiger partial charge in [0.2, 0.25) is 5.91 Å². The summed E-state index contributed by atoms with van der Waals surface area (Å²) in [6.07, 6.45) is 3.22. The van der Waals surface area contributed by atoms with Crippen molar-refractivity contribution in [1.82, 2.24) is 10.6 Å². The van der Waals surface area contributed by atoms with Crippen LogP contribution in [0.25, 0.3) is 11.1 Å². The lowest BCUT2D eigenvalue weighted by Gasteiger charge is -2.27. The van der Waals surface area contributed by atoms with E-state index >= 15 is 0 Å². The van der Waals surface area contributed by atoms with Crippen molar-refractivity contribution in [1.29, 1.82) is 0 Å². The maximum atomic E-state index is 12.7. The summed E-state index contributed by atoms with van der Waals surface area (Å²) in [5, 5.41) is 14.7. The largest absolute Gasteiger partial charge is 0.480 e. The number of carboxylic acids is 1. The highest BCUT2D eigenvalue weighted by Gasteiger charge is 2.32. The van der Waals surface area contributed by atoms with Crippen LogP contribution in [0.5, 0.6) is 0 Å². The number of alkyl carbamates (subject to hydrolysis) is 1. The van der Waals surface area contributed by atoms with Crippen LogP contribution in [0.2, 0.25) is 0 Å². The topological polar surface area (TPSA) is 114 Å². The predicted molar refractivity (Wildman–Crippen MR) is 130 cm³/mol. The van der Waals surface area contributed by atoms with Gasteiger partial charge in [-0.05, 0) is 42.0 Å². The number of carbonyl (C=O) groups is 3. The first-order valence-electron chi connectivity index (χ1n) is 11.7. The highest BCUT2D eigenvalue weighted by atomic mass is 16.5. The second-order valence-electron chi connectivity index (χ2n) is 8.94. The van der Waals surface area contributed by atoms with E-state index in [2.05, 4.69) is 34.9 Å². The van der Waals surface area contributed by atoms with Crippen molar-refractivity contribution in [3.8, 4) is 11.1 Å². The molecule has 0 radical (unpaired) electrons. The van der Waals surface area contributed by atoms with E-state index < -0.39 is 36.2 Å². The van der Waals surface area contributed by atoms with Gasteiger partial charge in [0.15, 0.2) is 6.04 Å². The fourth-order valence-corrected chi connectivity index (χ4v) is 4.79. The van der Waals surface area contributed by atoms with E-state index in [4.69, 9.17) is 9.47 Å². The number of hydrogen-bond acceptors (Lipinski definition) is 5. The number of rotatable bonds is 8. The van der Waals surface area contributed by atoms with Gasteiger partial charge in [0, 0.05) is 18.9 Å². The number of methoxy groups -OCH3 is 1. The fourth-order valence-electron chi connectivity index (χ4n) is 4.79. The van der Waals surface area contributed by atoms with Crippen molar-refractivity contribution in [2.75, 3.05) is 13.7 Å². The minimum absolute atomic E-state index is 0.0377. The van der Waals surface area contributed by atoms with Crippen molar-refractivity contribution in [3.05, 3.63) is 71.8 Å². The molecule has 2 aliphatic rings. The van der Waals surface area contributed by atoms with Crippen LogP contribution in [0.15, 0.2) is 60.7 Å². The molecule has 2 amide bonds. The molecule has 8 nitrogen and oxygen atoms in total. The van der Waals surface area contributed by atoms with Gasteiger partial charge in [-0.15, -0.1) is 0 Å². The molecule has 184 valence electrons. The minimum Gasteiger partial charge on any atom is -0.480 e. The van der Waals surface area contributed by atoms with E-state index in [1.165, 1.54) is 7.11 Å². The summed E-state index contributed by atoms with van der Waals surface area (Å²) in [4.78, 5) is 36.8. The number of amides is 2. The van der Waals surface area contributed by atoms with Crippen molar-refractivity contribution < 1.29 is 29.0 Å². The smallest absolute Gasteiger partial charge is 0.407 e. The first-order chi connectivity index (χ1) is 16.9. The Morgan fingerprint density at radius 1 is 1.06 bits per heavy atom. The number of carbonyl (C=O) groups excluding carboxylic acids is 2. The zero-order chi connectivity index (χ0) is 24.9. The van der Waals surface area contributed by atoms with Crippen LogP contribution >= 0.6 is 0 Å². The fraction of sp³-hybridized carbons (Fsp3) is 0.370. The van der Waals surface area contributed by atoms with Crippen LogP contribution in [-0.2, 0) is 19.1 Å². The van der Waals surface area contributed by atoms with Gasteiger partial charge < -0.3 is 25.2 Å². The third-order valence-electron chi connectivity index (χ3n) is 6.75. The van der Waals surface area contributed by atoms with Crippen molar-refractivity contribution in [2.24, 2.45) is 5.92 Å². The molecule has 0 aromatic heterocycles. The summed E-state index contributed by atoms with van der Waals surface area (Å²) < 4.78 is 10.7. The molecule has 8 heteroatoms. The number of fused-ring (bicyclic) bond motifs is 3. The molecular weight excluding hydrogens is 448 g/mol. The monoisotopic (exact) mass is 478 g/mol. The normalized spacial score (nSPS) is 20.3. The molecule has 0 fully saturated rings. The second-order valence-corrected chi connectivity index (χ2v) is 8.94. The quantitative estimate of drug-likeness (QED) is 0.501. The molecular formula is C27H30N2O6. The van der Waals surface area contributed by atoms with Gasteiger partial charge in [-0.3, -0.25) is 4.79 Å². The van der Waals surface area contributed by atoms with Crippen LogP contribution < -0.4 is 10.6 Å². The Morgan fingerprint density at radius 3 is 2.29 bits per heavy atom. The lowest BCUT2D eigenvalue weighted by atomic mass is 9.90. The molecule has 2 aromatic carbocycles. The van der Waals surface area contributed by atoms with Crippen LogP contribution in [0.1, 0.15) is 36.8 Å². The van der Waals surface area contributed by atoms with Gasteiger partial charge >= 0.3 is 12.1 Å². The van der Waals surface area contributed by atoms with Crippen LogP contribution in [0.4, 0.5) is 4.79 Å². The molecule has 2 unspecified atom stereocenters. The molecule has 3 N–H and O–H groups in total. The molecule has 0 saturated carbocycles. The zero-order valence-electron chi connectivity index (χ0n) is 19.8. The van der Waals surface area contributed by atoms with Gasteiger partial charge in [0.05, 0.1) is 12.1 Å². The molecule has 4 atom stereocenters. The van der Waals surface area contributed by atoms with Crippen LogP contribution in [0, 0.1) is 5.92 Å². The first-order valence-corrected chi connectivity index (χ1v) is 11.7. The summed E-state index contributed by atoms with van der Waals surface area (Å²) in [6.45, 7) is 1.79. The van der Waals surface area contributed by atoms with E-state index in [0.29, 0.717) is 12.8 Å². The highest BCUT2D eigenvalue weighted by molar-refractivity contribution is 5.85. The molecule has 0 spiro atoms. The Bertz CT molecular complexity index is 1080. The van der Waals surface area contributed by atoms with E-state index in [1.54, 1.807) is 6.92 Å². The Hall–Kier alpha value is -3.65. The molecule has 35 heavy (non-hydrogen) atoms. The van der Waals surface area contributed by atoms with Crippen molar-refractivity contribution >= 4 is 18.0 Å². The Balaban J connectivity index is 1.33. The molecule has 4 rings (SSSR count). The van der Waals surface area contributed by atoms with Gasteiger partial charge in [-0.25, -0.2) is 9.59 Å². The predicted octanol–water partition coefficient (Wildman–Crippen LogP) is 3.46. The van der Waals surface area contributed by atoms with E-state index in [9.17, 15) is 19.5 Å². The number of benzene rings is 2. The zero-order valence-corrected chi connectivity index (χ0v) is 19.8. The Labute approximate surface area is 204 Å². The van der Waals surface area contributed by atoms with Gasteiger partial charge in [0.25, 0.3) is 0 Å². The molecule has 0 heterocycles. The number of hydrogen-bond donors (Lipinski definition) is 3. The average Bonchev–Trinajstić information content (AvgIpc) is 3.19. The second kappa shape index (κ2) is 10.7. The first kappa shape index (κ1) is 24.5.